The third-order valence-corrected chi connectivity index (χ3v) is 3.60. The summed E-state index contributed by atoms with van der Waals surface area (Å²) in [5.74, 6) is 0. The zero-order chi connectivity index (χ0) is 15.1. The molecule has 1 fully saturated rings. The number of benzene rings is 1. The van der Waals surface area contributed by atoms with Gasteiger partial charge in [-0.15, -0.1) is 0 Å². The Morgan fingerprint density at radius 3 is 2.65 bits per heavy atom. The van der Waals surface area contributed by atoms with Gasteiger partial charge in [0.15, 0.2) is 0 Å². The Balaban J connectivity index is 2.58. The van der Waals surface area contributed by atoms with E-state index in [1.165, 1.54) is 12.1 Å². The summed E-state index contributed by atoms with van der Waals surface area (Å²) in [5, 5.41) is 2.40. The summed E-state index contributed by atoms with van der Waals surface area (Å²) in [6.07, 6.45) is -5.29. The fourth-order valence-electron chi connectivity index (χ4n) is 2.23. The van der Waals surface area contributed by atoms with Gasteiger partial charge >= 0.3 is 12.3 Å². The Labute approximate surface area is 119 Å². The highest BCUT2D eigenvalue weighted by molar-refractivity contribution is 6.31. The lowest BCUT2D eigenvalue weighted by atomic mass is 9.78. The smallest absolute Gasteiger partial charge is 0.416 e. The standard InChI is InChI=1S/C13H13ClF3NO2/c1-12(2)6-20-11(19)18-10(12)9-7(13(15,16)17)4-3-5-8(9)14/h3-5,10H,6H2,1-2H3,(H,18,19)/t10-/m1/s1. The maximum Gasteiger partial charge on any atom is 0.416 e. The van der Waals surface area contributed by atoms with Crippen LogP contribution in [0, 0.1) is 5.41 Å². The number of alkyl halides is 3. The SMILES string of the molecule is CC1(C)COC(=O)N[C@@H]1c1c(Cl)cccc1C(F)(F)F. The van der Waals surface area contributed by atoms with Crippen LogP contribution in [-0.4, -0.2) is 12.7 Å². The third-order valence-electron chi connectivity index (χ3n) is 3.27. The largest absolute Gasteiger partial charge is 0.449 e. The number of hydrogen-bond donors (Lipinski definition) is 1. The molecular weight excluding hydrogens is 295 g/mol. The molecule has 1 saturated heterocycles. The van der Waals surface area contributed by atoms with Gasteiger partial charge in [0.05, 0.1) is 11.6 Å². The van der Waals surface area contributed by atoms with Crippen LogP contribution < -0.4 is 5.32 Å². The van der Waals surface area contributed by atoms with E-state index in [2.05, 4.69) is 5.32 Å². The maximum absolute atomic E-state index is 13.1. The van der Waals surface area contributed by atoms with Gasteiger partial charge in [0.25, 0.3) is 0 Å². The normalized spacial score (nSPS) is 22.1. The molecule has 0 radical (unpaired) electrons. The minimum Gasteiger partial charge on any atom is -0.449 e. The summed E-state index contributed by atoms with van der Waals surface area (Å²) < 4.78 is 44.2. The zero-order valence-electron chi connectivity index (χ0n) is 10.8. The van der Waals surface area contributed by atoms with Crippen LogP contribution >= 0.6 is 11.6 Å². The van der Waals surface area contributed by atoms with Crippen molar-refractivity contribution in [2.24, 2.45) is 5.41 Å². The molecule has 0 unspecified atom stereocenters. The number of hydrogen-bond acceptors (Lipinski definition) is 2. The molecular formula is C13H13ClF3NO2. The fourth-order valence-corrected chi connectivity index (χ4v) is 2.51. The van der Waals surface area contributed by atoms with Gasteiger partial charge in [-0.25, -0.2) is 4.79 Å². The van der Waals surface area contributed by atoms with Crippen LogP contribution in [0.15, 0.2) is 18.2 Å². The molecule has 0 spiro atoms. The van der Waals surface area contributed by atoms with Gasteiger partial charge < -0.3 is 10.1 Å². The molecule has 0 bridgehead atoms. The molecule has 1 heterocycles. The second-order valence-corrected chi connectivity index (χ2v) is 5.75. The van der Waals surface area contributed by atoms with E-state index in [0.717, 1.165) is 6.07 Å². The van der Waals surface area contributed by atoms with E-state index < -0.39 is 29.3 Å². The van der Waals surface area contributed by atoms with E-state index in [-0.39, 0.29) is 17.2 Å². The highest BCUT2D eigenvalue weighted by Crippen LogP contribution is 2.45. The Morgan fingerprint density at radius 1 is 1.40 bits per heavy atom. The first-order chi connectivity index (χ1) is 9.13. The monoisotopic (exact) mass is 307 g/mol. The summed E-state index contributed by atoms with van der Waals surface area (Å²) in [6, 6.07) is 2.71. The molecule has 20 heavy (non-hydrogen) atoms. The molecule has 0 aliphatic carbocycles. The number of amides is 1. The predicted octanol–water partition coefficient (Wildman–Crippen LogP) is 4.17. The van der Waals surface area contributed by atoms with Crippen LogP contribution in [0.4, 0.5) is 18.0 Å². The van der Waals surface area contributed by atoms with E-state index in [1.807, 2.05) is 0 Å². The molecule has 1 aliphatic heterocycles. The molecule has 1 atom stereocenters. The fraction of sp³-hybridized carbons (Fsp3) is 0.462. The lowest BCUT2D eigenvalue weighted by Crippen LogP contribution is -2.47. The molecule has 0 aromatic heterocycles. The summed E-state index contributed by atoms with van der Waals surface area (Å²) in [5.41, 5.74) is -1.67. The average Bonchev–Trinajstić information content (AvgIpc) is 2.31. The van der Waals surface area contributed by atoms with Crippen molar-refractivity contribution in [3.8, 4) is 0 Å². The summed E-state index contributed by atoms with van der Waals surface area (Å²) in [7, 11) is 0. The third kappa shape index (κ3) is 2.70. The highest BCUT2D eigenvalue weighted by atomic mass is 35.5. The Hall–Kier alpha value is -1.43. The lowest BCUT2D eigenvalue weighted by Gasteiger charge is -2.39. The van der Waals surface area contributed by atoms with Gasteiger partial charge in [-0.3, -0.25) is 0 Å². The second-order valence-electron chi connectivity index (χ2n) is 5.34. The Bertz CT molecular complexity index is 543. The van der Waals surface area contributed by atoms with Gasteiger partial charge in [0.2, 0.25) is 0 Å². The first kappa shape index (κ1) is 15.0. The van der Waals surface area contributed by atoms with Crippen molar-refractivity contribution in [1.82, 2.24) is 5.32 Å². The van der Waals surface area contributed by atoms with Gasteiger partial charge in [-0.05, 0) is 12.1 Å². The van der Waals surface area contributed by atoms with E-state index in [1.54, 1.807) is 13.8 Å². The molecule has 1 amide bonds. The van der Waals surface area contributed by atoms with Gasteiger partial charge in [0.1, 0.15) is 6.61 Å². The zero-order valence-corrected chi connectivity index (χ0v) is 11.6. The van der Waals surface area contributed by atoms with Crippen LogP contribution in [0.2, 0.25) is 5.02 Å². The number of nitrogens with one attached hydrogen (secondary N) is 1. The Kier molecular flexibility index (Phi) is 3.62. The molecule has 3 nitrogen and oxygen atoms in total. The van der Waals surface area contributed by atoms with Crippen molar-refractivity contribution < 1.29 is 22.7 Å². The molecule has 0 saturated carbocycles. The van der Waals surface area contributed by atoms with Crippen LogP contribution in [0.3, 0.4) is 0 Å². The molecule has 1 aromatic carbocycles. The van der Waals surface area contributed by atoms with Crippen molar-refractivity contribution >= 4 is 17.7 Å². The number of carbonyl (C=O) groups excluding carboxylic acids is 1. The topological polar surface area (TPSA) is 38.3 Å². The van der Waals surface area contributed by atoms with Gasteiger partial charge in [-0.2, -0.15) is 13.2 Å². The maximum atomic E-state index is 13.1. The van der Waals surface area contributed by atoms with Crippen molar-refractivity contribution in [2.75, 3.05) is 6.61 Å². The van der Waals surface area contributed by atoms with Crippen molar-refractivity contribution in [3.05, 3.63) is 34.3 Å². The number of rotatable bonds is 1. The number of ether oxygens (including phenoxy) is 1. The summed E-state index contributed by atoms with van der Waals surface area (Å²) in [6.45, 7) is 3.44. The van der Waals surface area contributed by atoms with E-state index in [4.69, 9.17) is 16.3 Å². The number of halogens is 4. The molecule has 7 heteroatoms. The number of carbonyl (C=O) groups is 1. The van der Waals surface area contributed by atoms with Crippen molar-refractivity contribution in [1.29, 1.82) is 0 Å². The molecule has 1 aromatic rings. The highest BCUT2D eigenvalue weighted by Gasteiger charge is 2.44. The number of cyclic esters (lactones) is 1. The van der Waals surface area contributed by atoms with E-state index in [9.17, 15) is 18.0 Å². The molecule has 1 aliphatic rings. The predicted molar refractivity (Wildman–Crippen MR) is 67.5 cm³/mol. The summed E-state index contributed by atoms with van der Waals surface area (Å²) in [4.78, 5) is 11.3. The van der Waals surface area contributed by atoms with E-state index in [0.29, 0.717) is 0 Å². The van der Waals surface area contributed by atoms with Crippen LogP contribution in [0.1, 0.15) is 31.0 Å². The van der Waals surface area contributed by atoms with Gasteiger partial charge in [-0.1, -0.05) is 31.5 Å². The van der Waals surface area contributed by atoms with Crippen LogP contribution in [-0.2, 0) is 10.9 Å². The molecule has 1 N–H and O–H groups in total. The summed E-state index contributed by atoms with van der Waals surface area (Å²) >= 11 is 5.95. The number of alkyl carbamates (subject to hydrolysis) is 1. The van der Waals surface area contributed by atoms with Crippen molar-refractivity contribution in [2.45, 2.75) is 26.1 Å². The minimum atomic E-state index is -4.54. The van der Waals surface area contributed by atoms with E-state index >= 15 is 0 Å². The lowest BCUT2D eigenvalue weighted by molar-refractivity contribution is -0.139. The van der Waals surface area contributed by atoms with Crippen LogP contribution in [0.25, 0.3) is 0 Å². The second kappa shape index (κ2) is 4.84. The van der Waals surface area contributed by atoms with Crippen LogP contribution in [0.5, 0.6) is 0 Å². The average molecular weight is 308 g/mol. The first-order valence-corrected chi connectivity index (χ1v) is 6.29. The van der Waals surface area contributed by atoms with Crippen molar-refractivity contribution in [3.63, 3.8) is 0 Å². The van der Waals surface area contributed by atoms with Gasteiger partial charge in [0, 0.05) is 16.0 Å². The first-order valence-electron chi connectivity index (χ1n) is 5.92. The Morgan fingerprint density at radius 2 is 2.05 bits per heavy atom. The quantitative estimate of drug-likeness (QED) is 0.846. The molecule has 110 valence electrons. The molecule has 2 rings (SSSR count). The minimum absolute atomic E-state index is 0.0199.